The van der Waals surface area contributed by atoms with Crippen LogP contribution in [0.2, 0.25) is 0 Å². The third-order valence-electron chi connectivity index (χ3n) is 3.36. The van der Waals surface area contributed by atoms with Crippen LogP contribution in [0.4, 0.5) is 5.95 Å². The van der Waals surface area contributed by atoms with Gasteiger partial charge in [-0.3, -0.25) is 10.1 Å². The van der Waals surface area contributed by atoms with Crippen molar-refractivity contribution in [3.63, 3.8) is 0 Å². The van der Waals surface area contributed by atoms with E-state index in [1.807, 2.05) is 19.1 Å². The number of nitrogens with one attached hydrogen (secondary N) is 2. The summed E-state index contributed by atoms with van der Waals surface area (Å²) in [4.78, 5) is 11.1. The summed E-state index contributed by atoms with van der Waals surface area (Å²) in [5, 5.41) is 10.7. The van der Waals surface area contributed by atoms with E-state index in [2.05, 4.69) is 37.3 Å². The van der Waals surface area contributed by atoms with E-state index in [1.165, 1.54) is 0 Å². The summed E-state index contributed by atoms with van der Waals surface area (Å²) in [6, 6.07) is 4.41. The second kappa shape index (κ2) is 4.97. The number of hydrogen-bond donors (Lipinski definition) is 2. The fourth-order valence-electron chi connectivity index (χ4n) is 2.35. The Morgan fingerprint density at radius 1 is 1.42 bits per heavy atom. The number of aromatic nitrogens is 4. The monoisotopic (exact) mass is 258 g/mol. The van der Waals surface area contributed by atoms with Gasteiger partial charge in [-0.25, -0.2) is 0 Å². The van der Waals surface area contributed by atoms with Crippen LogP contribution >= 0.6 is 0 Å². The number of hydrogen-bond acceptors (Lipinski definition) is 5. The lowest BCUT2D eigenvalue weighted by atomic mass is 10.2. The van der Waals surface area contributed by atoms with E-state index in [1.54, 1.807) is 6.20 Å². The summed E-state index contributed by atoms with van der Waals surface area (Å²) in [5.41, 5.74) is 1.96. The van der Waals surface area contributed by atoms with Crippen molar-refractivity contribution in [3.05, 3.63) is 23.9 Å². The standard InChI is InChI=1S/C13H18N6/c1-9-4-3-5-15-11(9)12-16-13(18-17-12)19-7-6-14-10(2)8-19/h3-5,10,14H,6-8H2,1-2H3,(H,16,17,18)/t10-/m1/s1. The molecule has 2 aromatic heterocycles. The van der Waals surface area contributed by atoms with Crippen molar-refractivity contribution in [3.8, 4) is 11.5 Å². The lowest BCUT2D eigenvalue weighted by Gasteiger charge is -2.30. The highest BCUT2D eigenvalue weighted by Crippen LogP contribution is 2.19. The maximum Gasteiger partial charge on any atom is 0.245 e. The normalized spacial score (nSPS) is 19.7. The number of piperazine rings is 1. The van der Waals surface area contributed by atoms with Crippen LogP contribution in [0, 0.1) is 6.92 Å². The first-order valence-electron chi connectivity index (χ1n) is 6.57. The maximum absolute atomic E-state index is 4.57. The number of pyridine rings is 1. The topological polar surface area (TPSA) is 69.7 Å². The fraction of sp³-hybridized carbons (Fsp3) is 0.462. The SMILES string of the molecule is Cc1cccnc1-c1nc(N2CCN[C@H](C)C2)n[nH]1. The van der Waals surface area contributed by atoms with Crippen molar-refractivity contribution in [1.29, 1.82) is 0 Å². The largest absolute Gasteiger partial charge is 0.337 e. The highest BCUT2D eigenvalue weighted by Gasteiger charge is 2.20. The van der Waals surface area contributed by atoms with E-state index >= 15 is 0 Å². The third kappa shape index (κ3) is 2.44. The van der Waals surface area contributed by atoms with Gasteiger partial charge in [-0.15, -0.1) is 5.10 Å². The molecule has 0 unspecified atom stereocenters. The molecule has 3 heterocycles. The number of nitrogens with zero attached hydrogens (tertiary/aromatic N) is 4. The minimum Gasteiger partial charge on any atom is -0.337 e. The van der Waals surface area contributed by atoms with E-state index in [-0.39, 0.29) is 0 Å². The van der Waals surface area contributed by atoms with Crippen LogP contribution in [-0.4, -0.2) is 45.8 Å². The Morgan fingerprint density at radius 3 is 3.11 bits per heavy atom. The minimum absolute atomic E-state index is 0.465. The lowest BCUT2D eigenvalue weighted by Crippen LogP contribution is -2.49. The minimum atomic E-state index is 0.465. The molecule has 2 aromatic rings. The summed E-state index contributed by atoms with van der Waals surface area (Å²) in [5.74, 6) is 1.49. The van der Waals surface area contributed by atoms with Gasteiger partial charge in [0.25, 0.3) is 0 Å². The van der Waals surface area contributed by atoms with Crippen LogP contribution in [0.25, 0.3) is 11.5 Å². The molecule has 0 spiro atoms. The van der Waals surface area contributed by atoms with Gasteiger partial charge in [-0.1, -0.05) is 6.07 Å². The Kier molecular flexibility index (Phi) is 3.16. The van der Waals surface area contributed by atoms with Crippen LogP contribution < -0.4 is 10.2 Å². The smallest absolute Gasteiger partial charge is 0.245 e. The second-order valence-electron chi connectivity index (χ2n) is 4.95. The summed E-state index contributed by atoms with van der Waals surface area (Å²) >= 11 is 0. The number of aryl methyl sites for hydroxylation is 1. The Hall–Kier alpha value is -1.95. The Morgan fingerprint density at radius 2 is 2.32 bits per heavy atom. The van der Waals surface area contributed by atoms with Gasteiger partial charge in [0.2, 0.25) is 5.95 Å². The first-order valence-corrected chi connectivity index (χ1v) is 6.57. The number of rotatable bonds is 2. The molecular formula is C13H18N6. The van der Waals surface area contributed by atoms with Gasteiger partial charge in [0.1, 0.15) is 5.69 Å². The van der Waals surface area contributed by atoms with E-state index in [0.717, 1.165) is 42.7 Å². The third-order valence-corrected chi connectivity index (χ3v) is 3.36. The van der Waals surface area contributed by atoms with Crippen LogP contribution in [0.1, 0.15) is 12.5 Å². The molecule has 0 saturated carbocycles. The number of anilines is 1. The second-order valence-corrected chi connectivity index (χ2v) is 4.95. The van der Waals surface area contributed by atoms with Crippen molar-refractivity contribution in [2.24, 2.45) is 0 Å². The Balaban J connectivity index is 1.85. The Bertz CT molecular complexity index is 564. The molecule has 0 radical (unpaired) electrons. The van der Waals surface area contributed by atoms with Gasteiger partial charge in [0.15, 0.2) is 5.82 Å². The Labute approximate surface area is 112 Å². The lowest BCUT2D eigenvalue weighted by molar-refractivity contribution is 0.480. The molecule has 3 rings (SSSR count). The highest BCUT2D eigenvalue weighted by atomic mass is 15.4. The van der Waals surface area contributed by atoms with Gasteiger partial charge < -0.3 is 10.2 Å². The average molecular weight is 258 g/mol. The molecule has 1 aliphatic rings. The maximum atomic E-state index is 4.57. The van der Waals surface area contributed by atoms with Crippen LogP contribution in [0.5, 0.6) is 0 Å². The molecule has 1 aliphatic heterocycles. The molecule has 100 valence electrons. The zero-order valence-electron chi connectivity index (χ0n) is 11.2. The summed E-state index contributed by atoms with van der Waals surface area (Å²) in [6.45, 7) is 7.02. The molecule has 6 heteroatoms. The summed E-state index contributed by atoms with van der Waals surface area (Å²) in [6.07, 6.45) is 1.78. The zero-order chi connectivity index (χ0) is 13.2. The molecule has 2 N–H and O–H groups in total. The van der Waals surface area contributed by atoms with Gasteiger partial charge in [0, 0.05) is 31.9 Å². The molecule has 1 saturated heterocycles. The van der Waals surface area contributed by atoms with Gasteiger partial charge in [-0.2, -0.15) is 4.98 Å². The first kappa shape index (κ1) is 12.1. The van der Waals surface area contributed by atoms with Crippen molar-refractivity contribution in [2.45, 2.75) is 19.9 Å². The molecule has 0 amide bonds. The van der Waals surface area contributed by atoms with E-state index in [4.69, 9.17) is 0 Å². The summed E-state index contributed by atoms with van der Waals surface area (Å²) < 4.78 is 0. The van der Waals surface area contributed by atoms with E-state index in [0.29, 0.717) is 6.04 Å². The predicted molar refractivity (Wildman–Crippen MR) is 74.0 cm³/mol. The van der Waals surface area contributed by atoms with Crippen molar-refractivity contribution >= 4 is 5.95 Å². The average Bonchev–Trinajstić information content (AvgIpc) is 2.89. The van der Waals surface area contributed by atoms with Crippen LogP contribution in [0.15, 0.2) is 18.3 Å². The highest BCUT2D eigenvalue weighted by molar-refractivity contribution is 5.55. The summed E-state index contributed by atoms with van der Waals surface area (Å²) in [7, 11) is 0. The van der Waals surface area contributed by atoms with Crippen molar-refractivity contribution in [2.75, 3.05) is 24.5 Å². The molecule has 1 atom stereocenters. The van der Waals surface area contributed by atoms with Crippen LogP contribution in [0.3, 0.4) is 0 Å². The van der Waals surface area contributed by atoms with Crippen LogP contribution in [-0.2, 0) is 0 Å². The van der Waals surface area contributed by atoms with Gasteiger partial charge >= 0.3 is 0 Å². The van der Waals surface area contributed by atoms with Crippen molar-refractivity contribution < 1.29 is 0 Å². The fourth-order valence-corrected chi connectivity index (χ4v) is 2.35. The molecule has 1 fully saturated rings. The molecule has 0 bridgehead atoms. The van der Waals surface area contributed by atoms with E-state index in [9.17, 15) is 0 Å². The molecule has 6 nitrogen and oxygen atoms in total. The molecule has 0 aliphatic carbocycles. The molecule has 0 aromatic carbocycles. The van der Waals surface area contributed by atoms with Gasteiger partial charge in [0.05, 0.1) is 0 Å². The zero-order valence-corrected chi connectivity index (χ0v) is 11.2. The van der Waals surface area contributed by atoms with E-state index < -0.39 is 0 Å². The molecular weight excluding hydrogens is 240 g/mol. The van der Waals surface area contributed by atoms with Crippen molar-refractivity contribution in [1.82, 2.24) is 25.5 Å². The predicted octanol–water partition coefficient (Wildman–Crippen LogP) is 0.973. The van der Waals surface area contributed by atoms with Gasteiger partial charge in [-0.05, 0) is 25.5 Å². The number of H-pyrrole nitrogens is 1. The molecule has 19 heavy (non-hydrogen) atoms. The number of aromatic amines is 1. The quantitative estimate of drug-likeness (QED) is 0.840. The first-order chi connectivity index (χ1) is 9.24.